The predicted octanol–water partition coefficient (Wildman–Crippen LogP) is 4.15. The molecule has 0 saturated carbocycles. The summed E-state index contributed by atoms with van der Waals surface area (Å²) in [6.45, 7) is 2.68. The molecular formula is C12H16BrClO. The van der Waals surface area contributed by atoms with Gasteiger partial charge in [0, 0.05) is 10.9 Å². The topological polar surface area (TPSA) is 9.23 Å². The minimum Gasteiger partial charge on any atom is -0.494 e. The maximum Gasteiger partial charge on any atom is 0.123 e. The van der Waals surface area contributed by atoms with Gasteiger partial charge in [0.15, 0.2) is 0 Å². The average Bonchev–Trinajstić information content (AvgIpc) is 2.27. The molecule has 0 atom stereocenters. The molecule has 0 bridgehead atoms. The maximum atomic E-state index is 5.96. The second-order valence-electron chi connectivity index (χ2n) is 3.25. The summed E-state index contributed by atoms with van der Waals surface area (Å²) in [6, 6.07) is 6.15. The van der Waals surface area contributed by atoms with E-state index in [1.807, 2.05) is 19.1 Å². The lowest BCUT2D eigenvalue weighted by molar-refractivity contribution is 0.337. The molecule has 0 N–H and O–H groups in total. The molecule has 0 amide bonds. The molecule has 1 nitrogen and oxygen atoms in total. The zero-order chi connectivity index (χ0) is 11.1. The van der Waals surface area contributed by atoms with Crippen LogP contribution in [-0.2, 0) is 12.3 Å². The summed E-state index contributed by atoms with van der Waals surface area (Å²) in [7, 11) is 0. The van der Waals surface area contributed by atoms with Crippen LogP contribution < -0.4 is 4.74 Å². The predicted molar refractivity (Wildman–Crippen MR) is 69.3 cm³/mol. The van der Waals surface area contributed by atoms with Crippen molar-refractivity contribution in [2.24, 2.45) is 0 Å². The van der Waals surface area contributed by atoms with Gasteiger partial charge >= 0.3 is 0 Å². The van der Waals surface area contributed by atoms with E-state index in [1.165, 1.54) is 5.56 Å². The smallest absolute Gasteiger partial charge is 0.123 e. The van der Waals surface area contributed by atoms with Crippen LogP contribution in [0.4, 0.5) is 0 Å². The van der Waals surface area contributed by atoms with Crippen molar-refractivity contribution < 1.29 is 4.74 Å². The molecule has 1 aromatic rings. The fourth-order valence-corrected chi connectivity index (χ4v) is 2.13. The maximum absolute atomic E-state index is 5.96. The molecule has 0 radical (unpaired) electrons. The summed E-state index contributed by atoms with van der Waals surface area (Å²) in [5.74, 6) is 1.45. The molecular weight excluding hydrogens is 275 g/mol. The third-order valence-corrected chi connectivity index (χ3v) is 3.07. The van der Waals surface area contributed by atoms with Gasteiger partial charge in [0.05, 0.1) is 12.5 Å². The molecule has 0 fully saturated rings. The lowest BCUT2D eigenvalue weighted by Gasteiger charge is -2.12. The second kappa shape index (κ2) is 7.13. The highest BCUT2D eigenvalue weighted by Gasteiger charge is 2.07. The van der Waals surface area contributed by atoms with E-state index in [0.717, 1.165) is 29.5 Å². The monoisotopic (exact) mass is 290 g/mol. The molecule has 1 aromatic carbocycles. The SMILES string of the molecule is CCOc1cccc(CCCBr)c1CCl. The summed E-state index contributed by atoms with van der Waals surface area (Å²) in [5, 5.41) is 1.02. The normalized spacial score (nSPS) is 10.3. The minimum absolute atomic E-state index is 0.522. The van der Waals surface area contributed by atoms with Crippen molar-refractivity contribution in [3.63, 3.8) is 0 Å². The van der Waals surface area contributed by atoms with Gasteiger partial charge in [-0.1, -0.05) is 28.1 Å². The Balaban J connectivity index is 2.88. The van der Waals surface area contributed by atoms with Crippen molar-refractivity contribution >= 4 is 27.5 Å². The van der Waals surface area contributed by atoms with Crippen LogP contribution in [-0.4, -0.2) is 11.9 Å². The van der Waals surface area contributed by atoms with Crippen molar-refractivity contribution in [1.29, 1.82) is 0 Å². The molecule has 0 aromatic heterocycles. The Bertz CT molecular complexity index is 302. The Morgan fingerprint density at radius 3 is 2.80 bits per heavy atom. The van der Waals surface area contributed by atoms with Gasteiger partial charge in [0.2, 0.25) is 0 Å². The molecule has 0 saturated heterocycles. The van der Waals surface area contributed by atoms with Crippen LogP contribution in [0.5, 0.6) is 5.75 Å². The first kappa shape index (κ1) is 12.9. The van der Waals surface area contributed by atoms with Gasteiger partial charge in [0.1, 0.15) is 5.75 Å². The summed E-state index contributed by atoms with van der Waals surface area (Å²) in [4.78, 5) is 0. The highest BCUT2D eigenvalue weighted by molar-refractivity contribution is 9.09. The Hall–Kier alpha value is -0.210. The van der Waals surface area contributed by atoms with Crippen LogP contribution >= 0.6 is 27.5 Å². The summed E-state index contributed by atoms with van der Waals surface area (Å²) in [6.07, 6.45) is 2.17. The van der Waals surface area contributed by atoms with E-state index in [0.29, 0.717) is 12.5 Å². The van der Waals surface area contributed by atoms with Gasteiger partial charge in [-0.15, -0.1) is 11.6 Å². The van der Waals surface area contributed by atoms with Gasteiger partial charge in [0.25, 0.3) is 0 Å². The largest absolute Gasteiger partial charge is 0.494 e. The first-order chi connectivity index (χ1) is 7.33. The van der Waals surface area contributed by atoms with Gasteiger partial charge in [-0.2, -0.15) is 0 Å². The van der Waals surface area contributed by atoms with Crippen LogP contribution in [0.1, 0.15) is 24.5 Å². The van der Waals surface area contributed by atoms with Gasteiger partial charge < -0.3 is 4.74 Å². The molecule has 0 spiro atoms. The van der Waals surface area contributed by atoms with Crippen molar-refractivity contribution in [1.82, 2.24) is 0 Å². The van der Waals surface area contributed by atoms with Crippen molar-refractivity contribution in [2.45, 2.75) is 25.6 Å². The first-order valence-corrected chi connectivity index (χ1v) is 6.84. The number of rotatable bonds is 6. The lowest BCUT2D eigenvalue weighted by Crippen LogP contribution is -1.99. The molecule has 0 aliphatic rings. The third kappa shape index (κ3) is 3.69. The number of benzene rings is 1. The van der Waals surface area contributed by atoms with E-state index in [-0.39, 0.29) is 0 Å². The number of hydrogen-bond acceptors (Lipinski definition) is 1. The van der Waals surface area contributed by atoms with E-state index in [9.17, 15) is 0 Å². The number of hydrogen-bond donors (Lipinski definition) is 0. The Kier molecular flexibility index (Phi) is 6.11. The highest BCUT2D eigenvalue weighted by Crippen LogP contribution is 2.25. The van der Waals surface area contributed by atoms with E-state index in [1.54, 1.807) is 0 Å². The quantitative estimate of drug-likeness (QED) is 0.715. The summed E-state index contributed by atoms with van der Waals surface area (Å²) < 4.78 is 5.55. The third-order valence-electron chi connectivity index (χ3n) is 2.24. The van der Waals surface area contributed by atoms with Crippen molar-refractivity contribution in [3.05, 3.63) is 29.3 Å². The number of ether oxygens (including phenoxy) is 1. The van der Waals surface area contributed by atoms with Crippen LogP contribution in [0.2, 0.25) is 0 Å². The molecule has 0 heterocycles. The van der Waals surface area contributed by atoms with Crippen LogP contribution in [0.25, 0.3) is 0 Å². The molecule has 0 aliphatic carbocycles. The van der Waals surface area contributed by atoms with Crippen molar-refractivity contribution in [3.8, 4) is 5.75 Å². The van der Waals surface area contributed by atoms with Gasteiger partial charge in [-0.05, 0) is 31.4 Å². The fraction of sp³-hybridized carbons (Fsp3) is 0.500. The summed E-state index contributed by atoms with van der Waals surface area (Å²) in [5.41, 5.74) is 2.44. The Labute approximate surface area is 105 Å². The average molecular weight is 292 g/mol. The second-order valence-corrected chi connectivity index (χ2v) is 4.31. The van der Waals surface area contributed by atoms with Gasteiger partial charge in [-0.25, -0.2) is 0 Å². The Morgan fingerprint density at radius 1 is 1.40 bits per heavy atom. The molecule has 0 aliphatic heterocycles. The zero-order valence-corrected chi connectivity index (χ0v) is 11.3. The van der Waals surface area contributed by atoms with Crippen LogP contribution in [0.15, 0.2) is 18.2 Å². The minimum atomic E-state index is 0.522. The molecule has 1 rings (SSSR count). The first-order valence-electron chi connectivity index (χ1n) is 5.19. The zero-order valence-electron chi connectivity index (χ0n) is 8.93. The lowest BCUT2D eigenvalue weighted by atomic mass is 10.0. The molecule has 3 heteroatoms. The summed E-state index contributed by atoms with van der Waals surface area (Å²) >= 11 is 9.40. The standard InChI is InChI=1S/C12H16BrClO/c1-2-15-12-7-3-5-10(6-4-8-13)11(12)9-14/h3,5,7H,2,4,6,8-9H2,1H3. The fourth-order valence-electron chi connectivity index (χ4n) is 1.54. The van der Waals surface area contributed by atoms with Gasteiger partial charge in [-0.3, -0.25) is 0 Å². The van der Waals surface area contributed by atoms with Crippen LogP contribution in [0, 0.1) is 0 Å². The molecule has 84 valence electrons. The number of alkyl halides is 2. The van der Waals surface area contributed by atoms with E-state index >= 15 is 0 Å². The Morgan fingerprint density at radius 2 is 2.20 bits per heavy atom. The number of halogens is 2. The highest BCUT2D eigenvalue weighted by atomic mass is 79.9. The molecule has 0 unspecified atom stereocenters. The van der Waals surface area contributed by atoms with E-state index < -0.39 is 0 Å². The van der Waals surface area contributed by atoms with E-state index in [2.05, 4.69) is 22.0 Å². The molecule has 15 heavy (non-hydrogen) atoms. The van der Waals surface area contributed by atoms with Crippen molar-refractivity contribution in [2.75, 3.05) is 11.9 Å². The number of aryl methyl sites for hydroxylation is 1. The van der Waals surface area contributed by atoms with E-state index in [4.69, 9.17) is 16.3 Å². The van der Waals surface area contributed by atoms with Crippen LogP contribution in [0.3, 0.4) is 0 Å².